The Balaban J connectivity index is 1.57. The first-order chi connectivity index (χ1) is 14.6. The van der Waals surface area contributed by atoms with E-state index in [1.165, 1.54) is 38.5 Å². The third kappa shape index (κ3) is 2.72. The maximum absolute atomic E-state index is 11.3. The van der Waals surface area contributed by atoms with Gasteiger partial charge in [0, 0.05) is 5.41 Å². The molecule has 0 aromatic carbocycles. The van der Waals surface area contributed by atoms with Crippen LogP contribution < -0.4 is 0 Å². The lowest BCUT2D eigenvalue weighted by Gasteiger charge is -2.72. The van der Waals surface area contributed by atoms with Crippen LogP contribution in [0.25, 0.3) is 0 Å². The van der Waals surface area contributed by atoms with Gasteiger partial charge in [-0.3, -0.25) is 0 Å². The summed E-state index contributed by atoms with van der Waals surface area (Å²) in [4.78, 5) is 0. The van der Waals surface area contributed by atoms with E-state index in [2.05, 4.69) is 61.5 Å². The van der Waals surface area contributed by atoms with Gasteiger partial charge in [0.05, 0.1) is 12.2 Å². The smallest absolute Gasteiger partial charge is 0.0639 e. The van der Waals surface area contributed by atoms with Gasteiger partial charge in [0.15, 0.2) is 0 Å². The fourth-order valence-corrected chi connectivity index (χ4v) is 10.8. The molecule has 0 bridgehead atoms. The summed E-state index contributed by atoms with van der Waals surface area (Å²) in [6.07, 6.45) is 12.9. The Kier molecular flexibility index (Phi) is 4.87. The Hall–Kier alpha value is -0.340. The van der Waals surface area contributed by atoms with E-state index in [1.54, 1.807) is 5.57 Å². The molecule has 9 atom stereocenters. The van der Waals surface area contributed by atoms with Crippen LogP contribution in [0.3, 0.4) is 0 Å². The topological polar surface area (TPSA) is 40.5 Å². The highest BCUT2D eigenvalue weighted by molar-refractivity contribution is 5.33. The molecule has 5 aliphatic rings. The minimum atomic E-state index is -0.207. The first-order valence-corrected chi connectivity index (χ1v) is 13.7. The zero-order valence-corrected chi connectivity index (χ0v) is 22.2. The first kappa shape index (κ1) is 23.4. The second-order valence-corrected chi connectivity index (χ2v) is 15.2. The fraction of sp³-hybridized carbons (Fsp3) is 0.933. The Labute approximate surface area is 197 Å². The molecule has 0 radical (unpaired) electrons. The average molecular weight is 443 g/mol. The number of hydrogen-bond donors (Lipinski definition) is 2. The van der Waals surface area contributed by atoms with Crippen LogP contribution in [0.5, 0.6) is 0 Å². The lowest BCUT2D eigenvalue weighted by molar-refractivity contribution is -0.231. The van der Waals surface area contributed by atoms with Gasteiger partial charge in [-0.05, 0) is 103 Å². The Morgan fingerprint density at radius 2 is 1.38 bits per heavy atom. The number of fused-ring (bicyclic) bond motifs is 7. The van der Waals surface area contributed by atoms with Crippen molar-refractivity contribution in [3.05, 3.63) is 11.6 Å². The molecule has 5 aliphatic carbocycles. The Bertz CT molecular complexity index is 825. The van der Waals surface area contributed by atoms with Gasteiger partial charge in [0.1, 0.15) is 0 Å². The Morgan fingerprint density at radius 1 is 0.688 bits per heavy atom. The van der Waals surface area contributed by atoms with Gasteiger partial charge >= 0.3 is 0 Å². The van der Waals surface area contributed by atoms with Crippen molar-refractivity contribution in [1.29, 1.82) is 0 Å². The van der Waals surface area contributed by atoms with E-state index < -0.39 is 0 Å². The molecule has 0 unspecified atom stereocenters. The molecule has 0 amide bonds. The highest BCUT2D eigenvalue weighted by Gasteiger charge is 2.69. The van der Waals surface area contributed by atoms with Gasteiger partial charge in [-0.2, -0.15) is 0 Å². The molecule has 0 aliphatic heterocycles. The molecule has 2 heteroatoms. The van der Waals surface area contributed by atoms with E-state index in [1.807, 2.05) is 0 Å². The standard InChI is InChI=1S/C30H50O2/c1-25(2)17-20-19-9-10-22-28(6)13-12-23(31)26(3,4)21(28)11-14-30(22,8)29(19,7)16-15-27(20,5)24(32)18-25/h17,19,21-24,31-32H,9-16,18H2,1-8H3/t19-,21+,22-,23+,24-,27-,28+,29-,30-/m1/s1. The first-order valence-electron chi connectivity index (χ1n) is 13.7. The summed E-state index contributed by atoms with van der Waals surface area (Å²) in [5, 5.41) is 22.2. The summed E-state index contributed by atoms with van der Waals surface area (Å²) in [7, 11) is 0. The molecular weight excluding hydrogens is 392 g/mol. The molecular formula is C30H50O2. The van der Waals surface area contributed by atoms with Crippen molar-refractivity contribution in [2.24, 2.45) is 50.2 Å². The molecule has 4 fully saturated rings. The van der Waals surface area contributed by atoms with Crippen LogP contribution in [0.4, 0.5) is 0 Å². The Morgan fingerprint density at radius 3 is 2.06 bits per heavy atom. The van der Waals surface area contributed by atoms with Gasteiger partial charge in [0.25, 0.3) is 0 Å². The van der Waals surface area contributed by atoms with E-state index in [0.717, 1.165) is 25.2 Å². The van der Waals surface area contributed by atoms with Crippen LogP contribution in [-0.2, 0) is 0 Å². The number of aliphatic hydroxyl groups is 2. The van der Waals surface area contributed by atoms with Gasteiger partial charge in [-0.1, -0.05) is 67.0 Å². The van der Waals surface area contributed by atoms with Gasteiger partial charge in [-0.15, -0.1) is 0 Å². The molecule has 182 valence electrons. The zero-order chi connectivity index (χ0) is 23.5. The van der Waals surface area contributed by atoms with E-state index in [-0.39, 0.29) is 28.5 Å². The predicted molar refractivity (Wildman–Crippen MR) is 132 cm³/mol. The summed E-state index contributed by atoms with van der Waals surface area (Å²) >= 11 is 0. The van der Waals surface area contributed by atoms with E-state index >= 15 is 0 Å². The predicted octanol–water partition coefficient (Wildman–Crippen LogP) is 7.14. The monoisotopic (exact) mass is 442 g/mol. The van der Waals surface area contributed by atoms with Gasteiger partial charge in [-0.25, -0.2) is 0 Å². The molecule has 0 saturated heterocycles. The molecule has 0 aromatic rings. The molecule has 4 saturated carbocycles. The highest BCUT2D eigenvalue weighted by Crippen LogP contribution is 2.76. The quantitative estimate of drug-likeness (QED) is 0.391. The molecule has 2 nitrogen and oxygen atoms in total. The lowest BCUT2D eigenvalue weighted by atomic mass is 9.32. The molecule has 2 N–H and O–H groups in total. The molecule has 0 heterocycles. The van der Waals surface area contributed by atoms with Crippen molar-refractivity contribution in [2.45, 2.75) is 125 Å². The average Bonchev–Trinajstić information content (AvgIpc) is 2.67. The van der Waals surface area contributed by atoms with Crippen LogP contribution in [0, 0.1) is 50.2 Å². The molecule has 0 aromatic heterocycles. The van der Waals surface area contributed by atoms with Crippen LogP contribution in [0.15, 0.2) is 11.6 Å². The summed E-state index contributed by atoms with van der Waals surface area (Å²) in [5.41, 5.74) is 2.69. The van der Waals surface area contributed by atoms with Crippen molar-refractivity contribution >= 4 is 0 Å². The number of allylic oxidation sites excluding steroid dienone is 1. The van der Waals surface area contributed by atoms with Crippen molar-refractivity contribution in [3.63, 3.8) is 0 Å². The summed E-state index contributed by atoms with van der Waals surface area (Å²) in [6.45, 7) is 19.6. The van der Waals surface area contributed by atoms with E-state index in [0.29, 0.717) is 28.1 Å². The van der Waals surface area contributed by atoms with Crippen molar-refractivity contribution < 1.29 is 10.2 Å². The largest absolute Gasteiger partial charge is 0.393 e. The van der Waals surface area contributed by atoms with Crippen molar-refractivity contribution in [2.75, 3.05) is 0 Å². The normalized spacial score (nSPS) is 56.2. The summed E-state index contributed by atoms with van der Waals surface area (Å²) in [5.74, 6) is 1.98. The lowest BCUT2D eigenvalue weighted by Crippen LogP contribution is -2.66. The van der Waals surface area contributed by atoms with Crippen LogP contribution in [0.1, 0.15) is 113 Å². The van der Waals surface area contributed by atoms with Gasteiger partial charge in [0.2, 0.25) is 0 Å². The van der Waals surface area contributed by atoms with Crippen molar-refractivity contribution in [3.8, 4) is 0 Å². The third-order valence-electron chi connectivity index (χ3n) is 13.0. The number of rotatable bonds is 0. The highest BCUT2D eigenvalue weighted by atomic mass is 16.3. The van der Waals surface area contributed by atoms with Crippen molar-refractivity contribution in [1.82, 2.24) is 0 Å². The van der Waals surface area contributed by atoms with E-state index in [4.69, 9.17) is 0 Å². The van der Waals surface area contributed by atoms with E-state index in [9.17, 15) is 10.2 Å². The summed E-state index contributed by atoms with van der Waals surface area (Å²) < 4.78 is 0. The fourth-order valence-electron chi connectivity index (χ4n) is 10.8. The van der Waals surface area contributed by atoms with Crippen LogP contribution in [0.2, 0.25) is 0 Å². The second-order valence-electron chi connectivity index (χ2n) is 15.2. The van der Waals surface area contributed by atoms with Crippen LogP contribution in [-0.4, -0.2) is 22.4 Å². The molecule has 32 heavy (non-hydrogen) atoms. The maximum atomic E-state index is 11.3. The summed E-state index contributed by atoms with van der Waals surface area (Å²) in [6, 6.07) is 0. The third-order valence-corrected chi connectivity index (χ3v) is 13.0. The zero-order valence-electron chi connectivity index (χ0n) is 22.2. The van der Waals surface area contributed by atoms with Crippen LogP contribution >= 0.6 is 0 Å². The molecule has 5 rings (SSSR count). The number of aliphatic hydroxyl groups excluding tert-OH is 2. The second kappa shape index (κ2) is 6.66. The number of hydrogen-bond acceptors (Lipinski definition) is 2. The minimum Gasteiger partial charge on any atom is -0.393 e. The molecule has 0 spiro atoms. The minimum absolute atomic E-state index is 0.0251. The SMILES string of the molecule is CC1(C)C=C2[C@H]3CC[C@@H]4[C@@]5(C)CC[C@H](O)C(C)(C)[C@@H]5CC[C@@]4(C)[C@]3(C)CC[C@@]2(C)[C@H](O)C1. The maximum Gasteiger partial charge on any atom is 0.0639 e. The van der Waals surface area contributed by atoms with Gasteiger partial charge < -0.3 is 10.2 Å².